The van der Waals surface area contributed by atoms with Gasteiger partial charge in [-0.3, -0.25) is 4.90 Å². The molecular weight excluding hydrogens is 248 g/mol. The number of aliphatic hydroxyl groups is 1. The summed E-state index contributed by atoms with van der Waals surface area (Å²) in [5, 5.41) is 18.3. The molecule has 0 spiro atoms. The summed E-state index contributed by atoms with van der Waals surface area (Å²) in [4.78, 5) is 2.42. The van der Waals surface area contributed by atoms with Crippen LogP contribution in [0.1, 0.15) is 30.9 Å². The number of nitrogens with zero attached hydrogens (tertiary/aromatic N) is 2. The van der Waals surface area contributed by atoms with Crippen molar-refractivity contribution in [2.75, 3.05) is 19.6 Å². The zero-order valence-electron chi connectivity index (χ0n) is 12.0. The first kappa shape index (κ1) is 14.8. The maximum absolute atomic E-state index is 9.58. The topological polar surface area (TPSA) is 47.3 Å². The first-order valence-corrected chi connectivity index (χ1v) is 7.26. The summed E-state index contributed by atoms with van der Waals surface area (Å²) in [6, 6.07) is 9.74. The highest BCUT2D eigenvalue weighted by molar-refractivity contribution is 5.51. The predicted molar refractivity (Wildman–Crippen MR) is 81.0 cm³/mol. The molecule has 0 aliphatic carbocycles. The van der Waals surface area contributed by atoms with Crippen molar-refractivity contribution in [2.45, 2.75) is 25.9 Å². The lowest BCUT2D eigenvalue weighted by Gasteiger charge is -2.32. The van der Waals surface area contributed by atoms with Crippen LogP contribution >= 0.6 is 0 Å². The summed E-state index contributed by atoms with van der Waals surface area (Å²) in [5.41, 5.74) is 1.82. The Hall–Kier alpha value is -1.63. The van der Waals surface area contributed by atoms with Crippen molar-refractivity contribution in [3.05, 3.63) is 41.5 Å². The van der Waals surface area contributed by atoms with Crippen molar-refractivity contribution < 1.29 is 5.11 Å². The van der Waals surface area contributed by atoms with Crippen LogP contribution in [-0.2, 0) is 0 Å². The number of hydrogen-bond donors (Lipinski definition) is 1. The number of likely N-dealkylation sites (tertiary alicyclic amines) is 1. The molecule has 1 saturated heterocycles. The highest BCUT2D eigenvalue weighted by Crippen LogP contribution is 2.20. The van der Waals surface area contributed by atoms with Gasteiger partial charge in [-0.2, -0.15) is 5.26 Å². The normalized spacial score (nSPS) is 19.1. The first-order chi connectivity index (χ1) is 9.69. The smallest absolute Gasteiger partial charge is 0.0991 e. The van der Waals surface area contributed by atoms with Crippen LogP contribution in [0, 0.1) is 17.2 Å². The van der Waals surface area contributed by atoms with Crippen LogP contribution in [0.2, 0.25) is 0 Å². The van der Waals surface area contributed by atoms with Crippen LogP contribution in [0.5, 0.6) is 0 Å². The molecule has 0 aromatic heterocycles. The summed E-state index contributed by atoms with van der Waals surface area (Å²) >= 11 is 0. The van der Waals surface area contributed by atoms with Gasteiger partial charge in [0.05, 0.1) is 17.7 Å². The number of benzene rings is 1. The molecular formula is C17H22N2O. The fourth-order valence-corrected chi connectivity index (χ4v) is 2.62. The molecule has 1 aliphatic rings. The Balaban J connectivity index is 1.78. The molecule has 20 heavy (non-hydrogen) atoms. The van der Waals surface area contributed by atoms with Crippen LogP contribution in [0.25, 0.3) is 6.08 Å². The van der Waals surface area contributed by atoms with E-state index in [1.165, 1.54) is 0 Å². The first-order valence-electron chi connectivity index (χ1n) is 7.26. The molecule has 0 saturated carbocycles. The van der Waals surface area contributed by atoms with E-state index >= 15 is 0 Å². The number of nitriles is 1. The number of aliphatic hydroxyl groups excluding tert-OH is 1. The van der Waals surface area contributed by atoms with Gasteiger partial charge in [0.2, 0.25) is 0 Å². The summed E-state index contributed by atoms with van der Waals surface area (Å²) in [5.74, 6) is 0.466. The van der Waals surface area contributed by atoms with E-state index in [0.29, 0.717) is 11.5 Å². The zero-order valence-corrected chi connectivity index (χ0v) is 12.0. The Morgan fingerprint density at radius 3 is 2.55 bits per heavy atom. The molecule has 3 heteroatoms. The van der Waals surface area contributed by atoms with Crippen molar-refractivity contribution in [1.82, 2.24) is 4.90 Å². The lowest BCUT2D eigenvalue weighted by atomic mass is 9.92. The Bertz CT molecular complexity index is 477. The SMILES string of the molecule is CC(O)C1CCN(C/C=C/c2ccc(C#N)cc2)CC1. The van der Waals surface area contributed by atoms with Gasteiger partial charge in [0.25, 0.3) is 0 Å². The van der Waals surface area contributed by atoms with Crippen LogP contribution in [0.4, 0.5) is 0 Å². The van der Waals surface area contributed by atoms with Crippen molar-refractivity contribution in [1.29, 1.82) is 5.26 Å². The Morgan fingerprint density at radius 1 is 1.35 bits per heavy atom. The van der Waals surface area contributed by atoms with Gasteiger partial charge >= 0.3 is 0 Å². The molecule has 1 fully saturated rings. The molecule has 0 bridgehead atoms. The van der Waals surface area contributed by atoms with Crippen LogP contribution in [0.15, 0.2) is 30.3 Å². The molecule has 1 atom stereocenters. The summed E-state index contributed by atoms with van der Waals surface area (Å²) < 4.78 is 0. The third-order valence-corrected chi connectivity index (χ3v) is 4.03. The van der Waals surface area contributed by atoms with E-state index in [-0.39, 0.29) is 6.10 Å². The maximum atomic E-state index is 9.58. The molecule has 2 rings (SSSR count). The number of hydrogen-bond acceptors (Lipinski definition) is 3. The lowest BCUT2D eigenvalue weighted by molar-refractivity contribution is 0.0756. The highest BCUT2D eigenvalue weighted by atomic mass is 16.3. The molecule has 1 heterocycles. The third-order valence-electron chi connectivity index (χ3n) is 4.03. The van der Waals surface area contributed by atoms with E-state index in [2.05, 4.69) is 23.1 Å². The van der Waals surface area contributed by atoms with E-state index in [4.69, 9.17) is 5.26 Å². The minimum absolute atomic E-state index is 0.175. The maximum Gasteiger partial charge on any atom is 0.0991 e. The van der Waals surface area contributed by atoms with Crippen molar-refractivity contribution in [3.63, 3.8) is 0 Å². The monoisotopic (exact) mass is 270 g/mol. The Kier molecular flexibility index (Phi) is 5.34. The molecule has 1 N–H and O–H groups in total. The molecule has 1 aliphatic heterocycles. The van der Waals surface area contributed by atoms with Gasteiger partial charge in [0.15, 0.2) is 0 Å². The summed E-state index contributed by atoms with van der Waals surface area (Å²) in [7, 11) is 0. The highest BCUT2D eigenvalue weighted by Gasteiger charge is 2.21. The molecule has 3 nitrogen and oxygen atoms in total. The minimum atomic E-state index is -0.175. The van der Waals surface area contributed by atoms with E-state index in [1.54, 1.807) is 0 Å². The lowest BCUT2D eigenvalue weighted by Crippen LogP contribution is -2.37. The van der Waals surface area contributed by atoms with Crippen LogP contribution in [0.3, 0.4) is 0 Å². The van der Waals surface area contributed by atoms with Gasteiger partial charge in [0.1, 0.15) is 0 Å². The molecule has 1 aromatic rings. The predicted octanol–water partition coefficient (Wildman–Crippen LogP) is 2.66. The second-order valence-electron chi connectivity index (χ2n) is 5.51. The Labute approximate surface area is 121 Å². The third kappa shape index (κ3) is 4.19. The molecule has 0 amide bonds. The fraction of sp³-hybridized carbons (Fsp3) is 0.471. The van der Waals surface area contributed by atoms with Gasteiger partial charge in [-0.1, -0.05) is 24.3 Å². The quantitative estimate of drug-likeness (QED) is 0.915. The minimum Gasteiger partial charge on any atom is -0.393 e. The molecule has 106 valence electrons. The zero-order chi connectivity index (χ0) is 14.4. The standard InChI is InChI=1S/C17H22N2O/c1-14(20)17-8-11-19(12-9-17)10-2-3-15-4-6-16(13-18)7-5-15/h2-7,14,17,20H,8-12H2,1H3/b3-2+. The van der Waals surface area contributed by atoms with Crippen molar-refractivity contribution >= 4 is 6.08 Å². The average molecular weight is 270 g/mol. The van der Waals surface area contributed by atoms with Crippen LogP contribution in [-0.4, -0.2) is 35.7 Å². The second kappa shape index (κ2) is 7.23. The van der Waals surface area contributed by atoms with E-state index in [9.17, 15) is 5.11 Å². The fourth-order valence-electron chi connectivity index (χ4n) is 2.62. The molecule has 1 unspecified atom stereocenters. The summed E-state index contributed by atoms with van der Waals surface area (Å²) in [6.45, 7) is 4.97. The second-order valence-corrected chi connectivity index (χ2v) is 5.51. The van der Waals surface area contributed by atoms with Gasteiger partial charge in [-0.15, -0.1) is 0 Å². The Morgan fingerprint density at radius 2 is 2.00 bits per heavy atom. The van der Waals surface area contributed by atoms with E-state index < -0.39 is 0 Å². The van der Waals surface area contributed by atoms with E-state index in [1.807, 2.05) is 31.2 Å². The van der Waals surface area contributed by atoms with Gasteiger partial charge < -0.3 is 5.11 Å². The van der Waals surface area contributed by atoms with E-state index in [0.717, 1.165) is 38.0 Å². The number of piperidine rings is 1. The van der Waals surface area contributed by atoms with Crippen molar-refractivity contribution in [3.8, 4) is 6.07 Å². The largest absolute Gasteiger partial charge is 0.393 e. The molecule has 0 radical (unpaired) electrons. The molecule has 1 aromatic carbocycles. The average Bonchev–Trinajstić information content (AvgIpc) is 2.48. The van der Waals surface area contributed by atoms with Gasteiger partial charge in [-0.25, -0.2) is 0 Å². The van der Waals surface area contributed by atoms with Crippen molar-refractivity contribution in [2.24, 2.45) is 5.92 Å². The van der Waals surface area contributed by atoms with Gasteiger partial charge in [0, 0.05) is 6.54 Å². The van der Waals surface area contributed by atoms with Gasteiger partial charge in [-0.05, 0) is 56.5 Å². The number of rotatable bonds is 4. The summed E-state index contributed by atoms with van der Waals surface area (Å²) in [6.07, 6.45) is 6.27. The van der Waals surface area contributed by atoms with Crippen LogP contribution < -0.4 is 0 Å².